The van der Waals surface area contributed by atoms with Crippen LogP contribution in [0.2, 0.25) is 10.0 Å². The van der Waals surface area contributed by atoms with E-state index in [4.69, 9.17) is 23.2 Å². The van der Waals surface area contributed by atoms with Gasteiger partial charge in [0.25, 0.3) is 0 Å². The first-order valence-electron chi connectivity index (χ1n) is 5.74. The molecule has 2 aromatic rings. The Morgan fingerprint density at radius 1 is 1.21 bits per heavy atom. The number of hydrogen-bond acceptors (Lipinski definition) is 2. The number of rotatable bonds is 0. The van der Waals surface area contributed by atoms with E-state index in [-0.39, 0.29) is 5.78 Å². The lowest BCUT2D eigenvalue weighted by Crippen LogP contribution is -2.07. The van der Waals surface area contributed by atoms with Gasteiger partial charge < -0.3 is 0 Å². The second kappa shape index (κ2) is 4.89. The molecule has 96 valence electrons. The summed E-state index contributed by atoms with van der Waals surface area (Å²) in [5, 5.41) is 0.952. The molecule has 0 saturated carbocycles. The molecule has 0 amide bonds. The smallest absolute Gasteiger partial charge is 0.211 e. The molecule has 5 heteroatoms. The van der Waals surface area contributed by atoms with E-state index >= 15 is 0 Å². The largest absolute Gasteiger partial charge is 0.287 e. The third-order valence-electron chi connectivity index (χ3n) is 3.23. The Hall–Kier alpha value is -0.900. The van der Waals surface area contributed by atoms with E-state index in [1.807, 2.05) is 6.07 Å². The number of carbonyl (C=O) groups excluding carboxylic acids is 1. The maximum atomic E-state index is 12.5. The molecule has 19 heavy (non-hydrogen) atoms. The minimum atomic E-state index is -0.0893. The highest BCUT2D eigenvalue weighted by Gasteiger charge is 2.24. The molecule has 1 aliphatic carbocycles. The van der Waals surface area contributed by atoms with E-state index in [1.165, 1.54) is 0 Å². The number of pyridine rings is 1. The number of halogens is 3. The standard InChI is InChI=1S/C14H8BrCl2NO/c15-8-5-7-1-2-9-10(3-4-11(16)12(9)17)14(19)13(7)18-6-8/h3-6H,1-2H2. The van der Waals surface area contributed by atoms with E-state index < -0.39 is 0 Å². The molecule has 1 heterocycles. The van der Waals surface area contributed by atoms with Gasteiger partial charge in [0.1, 0.15) is 5.69 Å². The van der Waals surface area contributed by atoms with E-state index in [1.54, 1.807) is 18.3 Å². The van der Waals surface area contributed by atoms with Gasteiger partial charge in [0.05, 0.1) is 10.0 Å². The molecular formula is C14H8BrCl2NO. The maximum absolute atomic E-state index is 12.5. The highest BCUT2D eigenvalue weighted by atomic mass is 79.9. The van der Waals surface area contributed by atoms with Crippen molar-refractivity contribution in [2.45, 2.75) is 12.8 Å². The summed E-state index contributed by atoms with van der Waals surface area (Å²) in [6, 6.07) is 5.32. The Balaban J connectivity index is 2.22. The lowest BCUT2D eigenvalue weighted by Gasteiger charge is -2.07. The molecule has 0 atom stereocenters. The normalized spacial score (nSPS) is 13.7. The number of aromatic nitrogens is 1. The molecule has 3 rings (SSSR count). The fourth-order valence-electron chi connectivity index (χ4n) is 2.31. The second-order valence-electron chi connectivity index (χ2n) is 4.38. The quantitative estimate of drug-likeness (QED) is 0.696. The number of nitrogens with zero attached hydrogens (tertiary/aromatic N) is 1. The molecule has 2 nitrogen and oxygen atoms in total. The Bertz CT molecular complexity index is 700. The first-order valence-corrected chi connectivity index (χ1v) is 7.29. The fourth-order valence-corrected chi connectivity index (χ4v) is 3.13. The first-order chi connectivity index (χ1) is 9.08. The van der Waals surface area contributed by atoms with Crippen LogP contribution in [0.25, 0.3) is 0 Å². The van der Waals surface area contributed by atoms with Crippen molar-refractivity contribution in [2.75, 3.05) is 0 Å². The fraction of sp³-hybridized carbons (Fsp3) is 0.143. The van der Waals surface area contributed by atoms with E-state index in [0.29, 0.717) is 27.7 Å². The summed E-state index contributed by atoms with van der Waals surface area (Å²) in [5.41, 5.74) is 2.85. The molecule has 0 N–H and O–H groups in total. The molecule has 0 saturated heterocycles. The van der Waals surface area contributed by atoms with Gasteiger partial charge in [0.15, 0.2) is 0 Å². The number of benzene rings is 1. The zero-order valence-electron chi connectivity index (χ0n) is 9.71. The van der Waals surface area contributed by atoms with Crippen LogP contribution in [0.15, 0.2) is 28.9 Å². The minimum absolute atomic E-state index is 0.0893. The molecule has 0 fully saturated rings. The van der Waals surface area contributed by atoms with Crippen LogP contribution < -0.4 is 0 Å². The summed E-state index contributed by atoms with van der Waals surface area (Å²) in [6.45, 7) is 0. The molecule has 0 radical (unpaired) electrons. The molecule has 1 aliphatic rings. The van der Waals surface area contributed by atoms with Gasteiger partial charge in [-0.05, 0) is 58.1 Å². The number of hydrogen-bond donors (Lipinski definition) is 0. The third-order valence-corrected chi connectivity index (χ3v) is 4.51. The topological polar surface area (TPSA) is 30.0 Å². The SMILES string of the molecule is O=C1c2ccc(Cl)c(Cl)c2CCc2cc(Br)cnc21. The van der Waals surface area contributed by atoms with Crippen LogP contribution in [0.3, 0.4) is 0 Å². The van der Waals surface area contributed by atoms with Crippen molar-refractivity contribution in [2.24, 2.45) is 0 Å². The van der Waals surface area contributed by atoms with Crippen molar-refractivity contribution in [3.63, 3.8) is 0 Å². The molecule has 1 aromatic heterocycles. The number of ketones is 1. The summed E-state index contributed by atoms with van der Waals surface area (Å²) in [5.74, 6) is -0.0893. The molecule has 0 bridgehead atoms. The summed E-state index contributed by atoms with van der Waals surface area (Å²) < 4.78 is 0.870. The monoisotopic (exact) mass is 355 g/mol. The average Bonchev–Trinajstić information content (AvgIpc) is 2.52. The summed E-state index contributed by atoms with van der Waals surface area (Å²) >= 11 is 15.6. The van der Waals surface area contributed by atoms with Crippen LogP contribution in [0, 0.1) is 0 Å². The van der Waals surface area contributed by atoms with Gasteiger partial charge in [-0.3, -0.25) is 9.78 Å². The van der Waals surface area contributed by atoms with Gasteiger partial charge in [-0.15, -0.1) is 0 Å². The van der Waals surface area contributed by atoms with Gasteiger partial charge in [-0.25, -0.2) is 0 Å². The molecule has 0 spiro atoms. The van der Waals surface area contributed by atoms with Crippen molar-refractivity contribution >= 4 is 44.9 Å². The van der Waals surface area contributed by atoms with Gasteiger partial charge in [-0.1, -0.05) is 23.2 Å². The van der Waals surface area contributed by atoms with Crippen molar-refractivity contribution in [3.05, 3.63) is 61.3 Å². The third kappa shape index (κ3) is 2.20. The number of aryl methyl sites for hydroxylation is 1. The number of fused-ring (bicyclic) bond motifs is 2. The van der Waals surface area contributed by atoms with Crippen molar-refractivity contribution in [1.82, 2.24) is 4.98 Å². The Morgan fingerprint density at radius 2 is 2.00 bits per heavy atom. The minimum Gasteiger partial charge on any atom is -0.287 e. The summed E-state index contributed by atoms with van der Waals surface area (Å²) in [4.78, 5) is 16.8. The average molecular weight is 357 g/mol. The van der Waals surface area contributed by atoms with Gasteiger partial charge >= 0.3 is 0 Å². The Labute approximate surface area is 128 Å². The van der Waals surface area contributed by atoms with Crippen molar-refractivity contribution in [3.8, 4) is 0 Å². The lowest BCUT2D eigenvalue weighted by molar-refractivity contribution is 0.103. The summed E-state index contributed by atoms with van der Waals surface area (Å²) in [7, 11) is 0. The predicted molar refractivity (Wildman–Crippen MR) is 79.2 cm³/mol. The zero-order valence-corrected chi connectivity index (χ0v) is 12.8. The second-order valence-corrected chi connectivity index (χ2v) is 6.08. The van der Waals surface area contributed by atoms with E-state index in [0.717, 1.165) is 22.0 Å². The van der Waals surface area contributed by atoms with Crippen molar-refractivity contribution in [1.29, 1.82) is 0 Å². The van der Waals surface area contributed by atoms with Crippen LogP contribution >= 0.6 is 39.1 Å². The molecule has 0 unspecified atom stereocenters. The highest BCUT2D eigenvalue weighted by Crippen LogP contribution is 2.33. The predicted octanol–water partition coefficient (Wildman–Crippen LogP) is 4.48. The Kier molecular flexibility index (Phi) is 3.37. The van der Waals surface area contributed by atoms with Crippen LogP contribution in [0.1, 0.15) is 27.2 Å². The molecule has 0 aliphatic heterocycles. The van der Waals surface area contributed by atoms with E-state index in [2.05, 4.69) is 20.9 Å². The zero-order chi connectivity index (χ0) is 13.6. The maximum Gasteiger partial charge on any atom is 0.211 e. The highest BCUT2D eigenvalue weighted by molar-refractivity contribution is 9.10. The lowest BCUT2D eigenvalue weighted by atomic mass is 10.0. The Morgan fingerprint density at radius 3 is 2.79 bits per heavy atom. The van der Waals surface area contributed by atoms with Gasteiger partial charge in [-0.2, -0.15) is 0 Å². The van der Waals surface area contributed by atoms with Crippen LogP contribution in [-0.4, -0.2) is 10.8 Å². The van der Waals surface area contributed by atoms with Crippen LogP contribution in [0.4, 0.5) is 0 Å². The van der Waals surface area contributed by atoms with Crippen LogP contribution in [-0.2, 0) is 12.8 Å². The summed E-state index contributed by atoms with van der Waals surface area (Å²) in [6.07, 6.45) is 3.05. The number of carbonyl (C=O) groups is 1. The van der Waals surface area contributed by atoms with Gasteiger partial charge in [0.2, 0.25) is 5.78 Å². The first kappa shape index (κ1) is 13.1. The molecular weight excluding hydrogens is 349 g/mol. The van der Waals surface area contributed by atoms with Gasteiger partial charge in [0, 0.05) is 16.2 Å². The molecule has 1 aromatic carbocycles. The van der Waals surface area contributed by atoms with Crippen molar-refractivity contribution < 1.29 is 4.79 Å². The van der Waals surface area contributed by atoms with Crippen LogP contribution in [0.5, 0.6) is 0 Å². The van der Waals surface area contributed by atoms with E-state index in [9.17, 15) is 4.79 Å².